The van der Waals surface area contributed by atoms with Crippen molar-refractivity contribution in [3.8, 4) is 5.75 Å². The number of methoxy groups -OCH3 is 1. The average Bonchev–Trinajstić information content (AvgIpc) is 3.44. The van der Waals surface area contributed by atoms with Crippen molar-refractivity contribution in [3.05, 3.63) is 42.0 Å². The molecule has 0 aliphatic carbocycles. The minimum atomic E-state index is -3.99. The number of sulfonamides is 1. The van der Waals surface area contributed by atoms with E-state index in [2.05, 4.69) is 15.0 Å². The van der Waals surface area contributed by atoms with Crippen LogP contribution in [-0.2, 0) is 26.0 Å². The highest BCUT2D eigenvalue weighted by atomic mass is 32.2. The molecule has 2 N–H and O–H groups in total. The third-order valence-corrected chi connectivity index (χ3v) is 8.29. The predicted octanol–water partition coefficient (Wildman–Crippen LogP) is 3.55. The van der Waals surface area contributed by atoms with E-state index in [0.29, 0.717) is 35.8 Å². The van der Waals surface area contributed by atoms with Gasteiger partial charge >= 0.3 is 0 Å². The maximum absolute atomic E-state index is 13.2. The van der Waals surface area contributed by atoms with Crippen molar-refractivity contribution in [2.45, 2.75) is 44.6 Å². The minimum absolute atomic E-state index is 0.00214. The first-order valence-electron chi connectivity index (χ1n) is 11.3. The molecule has 2 heterocycles. The Morgan fingerprint density at radius 1 is 1.20 bits per heavy atom. The molecule has 1 aliphatic heterocycles. The van der Waals surface area contributed by atoms with Crippen molar-refractivity contribution in [2.24, 2.45) is 5.92 Å². The molecule has 2 aromatic carbocycles. The van der Waals surface area contributed by atoms with Gasteiger partial charge in [-0.25, -0.2) is 13.4 Å². The van der Waals surface area contributed by atoms with E-state index in [1.165, 1.54) is 17.4 Å². The molecule has 1 aromatic heterocycles. The fraction of sp³-hybridized carbons (Fsp3) is 0.375. The van der Waals surface area contributed by atoms with Crippen LogP contribution in [0.1, 0.15) is 32.8 Å². The van der Waals surface area contributed by atoms with E-state index >= 15 is 0 Å². The quantitative estimate of drug-likeness (QED) is 0.473. The van der Waals surface area contributed by atoms with Crippen molar-refractivity contribution < 1.29 is 22.7 Å². The Balaban J connectivity index is 1.53. The van der Waals surface area contributed by atoms with Gasteiger partial charge in [0, 0.05) is 18.7 Å². The first kappa shape index (κ1) is 25.1. The van der Waals surface area contributed by atoms with E-state index in [0.717, 1.165) is 16.0 Å². The zero-order valence-electron chi connectivity index (χ0n) is 20.0. The first-order valence-corrected chi connectivity index (χ1v) is 13.6. The number of fused-ring (bicyclic) bond motifs is 2. The van der Waals surface area contributed by atoms with Crippen LogP contribution in [0.25, 0.3) is 10.2 Å². The van der Waals surface area contributed by atoms with Crippen molar-refractivity contribution >= 4 is 54.2 Å². The molecule has 186 valence electrons. The lowest BCUT2D eigenvalue weighted by Gasteiger charge is -2.21. The molecule has 0 fully saturated rings. The topological polar surface area (TPSA) is 118 Å². The number of ether oxygens (including phenoxy) is 1. The number of rotatable bonds is 8. The minimum Gasteiger partial charge on any atom is -0.497 e. The fourth-order valence-electron chi connectivity index (χ4n) is 3.99. The number of hydrogen-bond donors (Lipinski definition) is 2. The molecule has 0 bridgehead atoms. The van der Waals surface area contributed by atoms with Gasteiger partial charge in [0.2, 0.25) is 21.8 Å². The third kappa shape index (κ3) is 5.16. The maximum atomic E-state index is 13.2. The van der Waals surface area contributed by atoms with E-state index in [1.807, 2.05) is 6.07 Å². The van der Waals surface area contributed by atoms with Crippen molar-refractivity contribution in [3.63, 3.8) is 0 Å². The lowest BCUT2D eigenvalue weighted by Crippen LogP contribution is -2.47. The number of nitrogens with zero attached hydrogens (tertiary/aromatic N) is 2. The lowest BCUT2D eigenvalue weighted by molar-refractivity contribution is -0.119. The molecule has 3 aromatic rings. The summed E-state index contributed by atoms with van der Waals surface area (Å²) in [5.74, 6) is -0.118. The number of anilines is 2. The van der Waals surface area contributed by atoms with Crippen LogP contribution in [-0.4, -0.2) is 44.9 Å². The van der Waals surface area contributed by atoms with Crippen molar-refractivity contribution in [2.75, 3.05) is 23.9 Å². The number of amides is 2. The number of hydrogen-bond acceptors (Lipinski definition) is 7. The van der Waals surface area contributed by atoms with Gasteiger partial charge in [0.25, 0.3) is 0 Å². The highest BCUT2D eigenvalue weighted by molar-refractivity contribution is 7.89. The van der Waals surface area contributed by atoms with Gasteiger partial charge in [-0.15, -0.1) is 0 Å². The zero-order valence-corrected chi connectivity index (χ0v) is 21.6. The van der Waals surface area contributed by atoms with Gasteiger partial charge in [-0.2, -0.15) is 4.72 Å². The van der Waals surface area contributed by atoms with Gasteiger partial charge in [0.1, 0.15) is 11.8 Å². The molecule has 0 saturated heterocycles. The van der Waals surface area contributed by atoms with E-state index in [1.54, 1.807) is 57.0 Å². The van der Waals surface area contributed by atoms with Gasteiger partial charge in [0.05, 0.1) is 22.2 Å². The van der Waals surface area contributed by atoms with Crippen LogP contribution >= 0.6 is 11.3 Å². The van der Waals surface area contributed by atoms with Gasteiger partial charge in [-0.05, 0) is 54.3 Å². The second kappa shape index (κ2) is 9.92. The smallest absolute Gasteiger partial charge is 0.244 e. The number of thiazole rings is 1. The standard InChI is InChI=1S/C24H28N4O5S2/c1-5-21(29)28-11-10-15-12-17(7-9-19(15)28)35(31,32)27-22(14(2)3)23(30)26-24-25-18-8-6-16(33-4)13-20(18)34-24/h6-9,12-14,22,27H,5,10-11H2,1-4H3,(H,25,26,30)/t22-/m1/s1. The highest BCUT2D eigenvalue weighted by Crippen LogP contribution is 2.31. The normalized spacial score (nSPS) is 14.3. The summed E-state index contributed by atoms with van der Waals surface area (Å²) in [4.78, 5) is 31.3. The van der Waals surface area contributed by atoms with Crippen molar-refractivity contribution in [1.29, 1.82) is 0 Å². The largest absolute Gasteiger partial charge is 0.497 e. The number of nitrogens with one attached hydrogen (secondary N) is 2. The van der Waals surface area contributed by atoms with Gasteiger partial charge < -0.3 is 15.0 Å². The van der Waals surface area contributed by atoms with Crippen LogP contribution in [0.5, 0.6) is 5.75 Å². The Bertz CT molecular complexity index is 1380. The molecule has 0 spiro atoms. The van der Waals surface area contributed by atoms with Crippen LogP contribution in [0.3, 0.4) is 0 Å². The summed E-state index contributed by atoms with van der Waals surface area (Å²) in [6.07, 6.45) is 0.968. The maximum Gasteiger partial charge on any atom is 0.244 e. The predicted molar refractivity (Wildman–Crippen MR) is 137 cm³/mol. The van der Waals surface area contributed by atoms with Crippen LogP contribution in [0.2, 0.25) is 0 Å². The summed E-state index contributed by atoms with van der Waals surface area (Å²) in [5.41, 5.74) is 2.24. The number of carbonyl (C=O) groups is 2. The highest BCUT2D eigenvalue weighted by Gasteiger charge is 2.31. The van der Waals surface area contributed by atoms with Crippen LogP contribution in [0, 0.1) is 5.92 Å². The molecule has 4 rings (SSSR count). The summed E-state index contributed by atoms with van der Waals surface area (Å²) in [6, 6.07) is 9.11. The number of carbonyl (C=O) groups excluding carboxylic acids is 2. The van der Waals surface area contributed by atoms with Gasteiger partial charge in [-0.1, -0.05) is 32.1 Å². The summed E-state index contributed by atoms with van der Waals surface area (Å²) in [6.45, 7) is 5.87. The van der Waals surface area contributed by atoms with Crippen LogP contribution in [0.15, 0.2) is 41.3 Å². The van der Waals surface area contributed by atoms with E-state index < -0.39 is 22.0 Å². The summed E-state index contributed by atoms with van der Waals surface area (Å²) >= 11 is 1.28. The SMILES string of the molecule is CCC(=O)N1CCc2cc(S(=O)(=O)N[C@@H](C(=O)Nc3nc4ccc(OC)cc4s3)C(C)C)ccc21. The summed E-state index contributed by atoms with van der Waals surface area (Å²) in [7, 11) is -2.41. The Labute approximate surface area is 208 Å². The van der Waals surface area contributed by atoms with Crippen molar-refractivity contribution in [1.82, 2.24) is 9.71 Å². The lowest BCUT2D eigenvalue weighted by atomic mass is 10.1. The van der Waals surface area contributed by atoms with Gasteiger partial charge in [0.15, 0.2) is 5.13 Å². The van der Waals surface area contributed by atoms with E-state index in [-0.39, 0.29) is 16.7 Å². The molecule has 1 aliphatic rings. The van der Waals surface area contributed by atoms with Crippen LogP contribution in [0.4, 0.5) is 10.8 Å². The molecular weight excluding hydrogens is 488 g/mol. The molecule has 11 heteroatoms. The second-order valence-corrected chi connectivity index (χ2v) is 11.4. The molecule has 0 unspecified atom stereocenters. The zero-order chi connectivity index (χ0) is 25.3. The molecule has 9 nitrogen and oxygen atoms in total. The Hall–Kier alpha value is -3.02. The molecular formula is C24H28N4O5S2. The summed E-state index contributed by atoms with van der Waals surface area (Å²) in [5, 5.41) is 3.12. The van der Waals surface area contributed by atoms with E-state index in [9.17, 15) is 18.0 Å². The Kier molecular flexibility index (Phi) is 7.11. The second-order valence-electron chi connectivity index (χ2n) is 8.62. The first-order chi connectivity index (χ1) is 16.6. The molecule has 35 heavy (non-hydrogen) atoms. The third-order valence-electron chi connectivity index (χ3n) is 5.92. The molecule has 0 radical (unpaired) electrons. The van der Waals surface area contributed by atoms with Crippen LogP contribution < -0.4 is 19.7 Å². The molecule has 0 saturated carbocycles. The number of aromatic nitrogens is 1. The molecule has 2 amide bonds. The fourth-order valence-corrected chi connectivity index (χ4v) is 6.28. The average molecular weight is 517 g/mol. The monoisotopic (exact) mass is 516 g/mol. The summed E-state index contributed by atoms with van der Waals surface area (Å²) < 4.78 is 35.0. The Morgan fingerprint density at radius 3 is 2.66 bits per heavy atom. The molecule has 1 atom stereocenters. The van der Waals surface area contributed by atoms with E-state index in [4.69, 9.17) is 4.74 Å². The Morgan fingerprint density at radius 2 is 1.97 bits per heavy atom. The van der Waals surface area contributed by atoms with Gasteiger partial charge in [-0.3, -0.25) is 9.59 Å². The number of benzene rings is 2.